The fraction of sp³-hybridized carbons (Fsp3) is 0.474. The van der Waals surface area contributed by atoms with Crippen LogP contribution in [0.15, 0.2) is 33.7 Å². The molecule has 0 aliphatic heterocycles. The zero-order valence-electron chi connectivity index (χ0n) is 16.5. The van der Waals surface area contributed by atoms with Crippen LogP contribution in [-0.2, 0) is 13.5 Å². The number of nitrogens with zero attached hydrogens (tertiary/aromatic N) is 3. The maximum Gasteiger partial charge on any atom is 0.191 e. The Bertz CT molecular complexity index is 763. The third-order valence-corrected chi connectivity index (χ3v) is 4.73. The molecule has 2 aromatic rings. The van der Waals surface area contributed by atoms with E-state index in [1.54, 1.807) is 7.05 Å². The van der Waals surface area contributed by atoms with Crippen LogP contribution in [0, 0.1) is 13.8 Å². The summed E-state index contributed by atoms with van der Waals surface area (Å²) in [4.78, 5) is 4.29. The maximum absolute atomic E-state index is 5.73. The van der Waals surface area contributed by atoms with Crippen molar-refractivity contribution in [3.63, 3.8) is 0 Å². The van der Waals surface area contributed by atoms with Gasteiger partial charge >= 0.3 is 0 Å². The molecule has 1 atom stereocenters. The Hall–Kier alpha value is -1.29. The highest BCUT2D eigenvalue weighted by molar-refractivity contribution is 14.0. The van der Waals surface area contributed by atoms with Crippen molar-refractivity contribution in [1.82, 2.24) is 20.4 Å². The van der Waals surface area contributed by atoms with Gasteiger partial charge in [0.25, 0.3) is 0 Å². The van der Waals surface area contributed by atoms with E-state index in [4.69, 9.17) is 4.74 Å². The molecular formula is C19H29BrIN5O. The van der Waals surface area contributed by atoms with Gasteiger partial charge in [0, 0.05) is 30.3 Å². The number of aliphatic imine (C=N–C) groups is 1. The van der Waals surface area contributed by atoms with Crippen molar-refractivity contribution in [2.75, 3.05) is 20.2 Å². The molecule has 0 amide bonds. The molecule has 0 aliphatic rings. The number of nitrogens with one attached hydrogen (secondary N) is 2. The molecule has 0 saturated carbocycles. The molecule has 0 aliphatic carbocycles. The summed E-state index contributed by atoms with van der Waals surface area (Å²) in [6.45, 7) is 7.54. The Balaban J connectivity index is 0.00000364. The maximum atomic E-state index is 5.73. The Kier molecular flexibility index (Phi) is 10.1. The summed E-state index contributed by atoms with van der Waals surface area (Å²) in [5.41, 5.74) is 3.59. The molecule has 0 radical (unpaired) electrons. The molecule has 1 heterocycles. The zero-order valence-corrected chi connectivity index (χ0v) is 20.5. The van der Waals surface area contributed by atoms with Crippen LogP contribution in [0.3, 0.4) is 0 Å². The molecule has 27 heavy (non-hydrogen) atoms. The highest BCUT2D eigenvalue weighted by Crippen LogP contribution is 2.17. The number of halogens is 2. The molecule has 0 saturated heterocycles. The van der Waals surface area contributed by atoms with Crippen molar-refractivity contribution < 1.29 is 4.74 Å². The highest BCUT2D eigenvalue weighted by atomic mass is 127. The normalized spacial score (nSPS) is 12.3. The molecule has 1 aromatic carbocycles. The number of aryl methyl sites for hydroxylation is 2. The molecule has 8 heteroatoms. The van der Waals surface area contributed by atoms with Crippen molar-refractivity contribution in [1.29, 1.82) is 0 Å². The number of hydrogen-bond donors (Lipinski definition) is 2. The summed E-state index contributed by atoms with van der Waals surface area (Å²) < 4.78 is 8.67. The molecule has 2 N–H and O–H groups in total. The lowest BCUT2D eigenvalue weighted by Gasteiger charge is -2.18. The van der Waals surface area contributed by atoms with Crippen LogP contribution in [0.2, 0.25) is 0 Å². The van der Waals surface area contributed by atoms with E-state index in [0.717, 1.165) is 28.3 Å². The van der Waals surface area contributed by atoms with Gasteiger partial charge in [-0.25, -0.2) is 0 Å². The molecule has 0 bridgehead atoms. The third-order valence-electron chi connectivity index (χ3n) is 4.24. The van der Waals surface area contributed by atoms with Gasteiger partial charge in [0.05, 0.1) is 12.2 Å². The van der Waals surface area contributed by atoms with Gasteiger partial charge in [-0.2, -0.15) is 5.10 Å². The zero-order chi connectivity index (χ0) is 19.1. The van der Waals surface area contributed by atoms with Gasteiger partial charge in [-0.3, -0.25) is 9.67 Å². The topological polar surface area (TPSA) is 63.5 Å². The van der Waals surface area contributed by atoms with E-state index >= 15 is 0 Å². The number of aromatic nitrogens is 2. The average molecular weight is 550 g/mol. The first kappa shape index (κ1) is 23.7. The molecule has 2 rings (SSSR count). The van der Waals surface area contributed by atoms with Gasteiger partial charge in [-0.05, 0) is 51.0 Å². The van der Waals surface area contributed by atoms with Crippen LogP contribution in [0.4, 0.5) is 0 Å². The lowest BCUT2D eigenvalue weighted by atomic mass is 10.1. The Morgan fingerprint density at radius 3 is 2.70 bits per heavy atom. The van der Waals surface area contributed by atoms with E-state index in [2.05, 4.69) is 57.4 Å². The first-order valence-electron chi connectivity index (χ1n) is 8.75. The molecule has 0 fully saturated rings. The van der Waals surface area contributed by atoms with E-state index in [9.17, 15) is 0 Å². The summed E-state index contributed by atoms with van der Waals surface area (Å²) in [7, 11) is 3.76. The van der Waals surface area contributed by atoms with E-state index in [0.29, 0.717) is 13.2 Å². The van der Waals surface area contributed by atoms with Crippen LogP contribution >= 0.6 is 39.9 Å². The SMILES string of the molecule is CN=C(NCCOc1cccc(Br)c1)NC(C)Cc1c(C)nn(C)c1C.I. The lowest BCUT2D eigenvalue weighted by molar-refractivity contribution is 0.321. The first-order valence-corrected chi connectivity index (χ1v) is 9.54. The molecule has 1 unspecified atom stereocenters. The minimum Gasteiger partial charge on any atom is -0.492 e. The van der Waals surface area contributed by atoms with Crippen LogP contribution in [-0.4, -0.2) is 42.0 Å². The minimum absolute atomic E-state index is 0. The Morgan fingerprint density at radius 1 is 1.37 bits per heavy atom. The van der Waals surface area contributed by atoms with Gasteiger partial charge in [0.2, 0.25) is 0 Å². The quantitative estimate of drug-likeness (QED) is 0.240. The van der Waals surface area contributed by atoms with Crippen LogP contribution in [0.25, 0.3) is 0 Å². The number of rotatable bonds is 7. The monoisotopic (exact) mass is 549 g/mol. The van der Waals surface area contributed by atoms with Crippen LogP contribution in [0.1, 0.15) is 23.9 Å². The van der Waals surface area contributed by atoms with Gasteiger partial charge in [-0.1, -0.05) is 22.0 Å². The van der Waals surface area contributed by atoms with Crippen molar-refractivity contribution in [2.24, 2.45) is 12.0 Å². The molecule has 6 nitrogen and oxygen atoms in total. The standard InChI is InChI=1S/C19H28BrN5O.HI/c1-13(11-18-14(2)24-25(5)15(18)3)23-19(21-4)22-9-10-26-17-8-6-7-16(20)12-17;/h6-8,12-13H,9-11H2,1-5H3,(H2,21,22,23);1H. The lowest BCUT2D eigenvalue weighted by Crippen LogP contribution is -2.44. The van der Waals surface area contributed by atoms with E-state index in [1.165, 1.54) is 11.3 Å². The summed E-state index contributed by atoms with van der Waals surface area (Å²) in [5.74, 6) is 1.62. The second-order valence-electron chi connectivity index (χ2n) is 6.33. The highest BCUT2D eigenvalue weighted by Gasteiger charge is 2.13. The molecule has 0 spiro atoms. The number of guanidine groups is 1. The van der Waals surface area contributed by atoms with Crippen molar-refractivity contribution in [2.45, 2.75) is 33.2 Å². The fourth-order valence-corrected chi connectivity index (χ4v) is 3.17. The van der Waals surface area contributed by atoms with Crippen molar-refractivity contribution in [3.05, 3.63) is 45.7 Å². The van der Waals surface area contributed by atoms with Gasteiger partial charge < -0.3 is 15.4 Å². The minimum atomic E-state index is 0. The van der Waals surface area contributed by atoms with Gasteiger partial charge in [0.1, 0.15) is 12.4 Å². The first-order chi connectivity index (χ1) is 12.4. The number of hydrogen-bond acceptors (Lipinski definition) is 3. The smallest absolute Gasteiger partial charge is 0.191 e. The summed E-state index contributed by atoms with van der Waals surface area (Å²) in [6, 6.07) is 8.07. The van der Waals surface area contributed by atoms with Crippen molar-refractivity contribution >= 4 is 45.9 Å². The van der Waals surface area contributed by atoms with E-state index < -0.39 is 0 Å². The number of ether oxygens (including phenoxy) is 1. The van der Waals surface area contributed by atoms with Gasteiger partial charge in [-0.15, -0.1) is 24.0 Å². The van der Waals surface area contributed by atoms with Gasteiger partial charge in [0.15, 0.2) is 5.96 Å². The van der Waals surface area contributed by atoms with Crippen LogP contribution in [0.5, 0.6) is 5.75 Å². The van der Waals surface area contributed by atoms with Crippen molar-refractivity contribution in [3.8, 4) is 5.75 Å². The molecular weight excluding hydrogens is 521 g/mol. The second kappa shape index (κ2) is 11.5. The van der Waals surface area contributed by atoms with E-state index in [1.807, 2.05) is 36.0 Å². The molecule has 150 valence electrons. The summed E-state index contributed by atoms with van der Waals surface area (Å²) in [5, 5.41) is 11.2. The Morgan fingerprint density at radius 2 is 2.11 bits per heavy atom. The third kappa shape index (κ3) is 7.33. The fourth-order valence-electron chi connectivity index (χ4n) is 2.79. The summed E-state index contributed by atoms with van der Waals surface area (Å²) in [6.07, 6.45) is 0.904. The van der Waals surface area contributed by atoms with E-state index in [-0.39, 0.29) is 30.0 Å². The predicted octanol–water partition coefficient (Wildman–Crippen LogP) is 3.59. The Labute approximate surface area is 187 Å². The van der Waals surface area contributed by atoms with Crippen LogP contribution < -0.4 is 15.4 Å². The average Bonchev–Trinajstić information content (AvgIpc) is 2.84. The largest absolute Gasteiger partial charge is 0.492 e. The molecule has 1 aromatic heterocycles. The summed E-state index contributed by atoms with van der Waals surface area (Å²) >= 11 is 3.44. The predicted molar refractivity (Wildman–Crippen MR) is 125 cm³/mol. The second-order valence-corrected chi connectivity index (χ2v) is 7.24. The number of benzene rings is 1.